The number of carbonyl (C=O) groups excluding carboxylic acids is 1. The van der Waals surface area contributed by atoms with Crippen LogP contribution in [0.25, 0.3) is 10.9 Å². The molecule has 0 bridgehead atoms. The van der Waals surface area contributed by atoms with Crippen molar-refractivity contribution >= 4 is 16.8 Å². The molecule has 0 unspecified atom stereocenters. The molecule has 0 saturated heterocycles. The standard InChI is InChI=1S/C23H26FN3O/c1-16-20(19-10-5-11-21(24)23(19)26-16)13-22(28)27(18-8-3-2-4-9-18)15-17-7-6-12-25-14-17/h5-7,10-12,14,18,26H,2-4,8-9,13,15H2,1H3. The fraction of sp³-hybridized carbons (Fsp3) is 0.391. The van der Waals surface area contributed by atoms with E-state index in [1.807, 2.05) is 36.2 Å². The molecule has 1 aliphatic carbocycles. The van der Waals surface area contributed by atoms with Gasteiger partial charge in [-0.1, -0.05) is 37.5 Å². The zero-order valence-corrected chi connectivity index (χ0v) is 16.2. The van der Waals surface area contributed by atoms with Crippen molar-refractivity contribution in [2.45, 2.75) is 58.0 Å². The van der Waals surface area contributed by atoms with Crippen molar-refractivity contribution in [2.75, 3.05) is 0 Å². The lowest BCUT2D eigenvalue weighted by Gasteiger charge is -2.34. The van der Waals surface area contributed by atoms with Crippen LogP contribution < -0.4 is 0 Å². The maximum Gasteiger partial charge on any atom is 0.227 e. The van der Waals surface area contributed by atoms with E-state index < -0.39 is 0 Å². The minimum absolute atomic E-state index is 0.101. The predicted octanol–water partition coefficient (Wildman–Crippen LogP) is 4.91. The van der Waals surface area contributed by atoms with Crippen molar-refractivity contribution < 1.29 is 9.18 Å². The third-order valence-corrected chi connectivity index (χ3v) is 5.84. The molecule has 146 valence electrons. The van der Waals surface area contributed by atoms with Gasteiger partial charge in [0.15, 0.2) is 0 Å². The zero-order chi connectivity index (χ0) is 19.5. The van der Waals surface area contributed by atoms with E-state index in [1.54, 1.807) is 12.3 Å². The molecule has 2 aromatic heterocycles. The number of nitrogens with zero attached hydrogens (tertiary/aromatic N) is 2. The van der Waals surface area contributed by atoms with Crippen LogP contribution in [0.3, 0.4) is 0 Å². The molecule has 1 saturated carbocycles. The number of pyridine rings is 1. The van der Waals surface area contributed by atoms with Gasteiger partial charge in [0.2, 0.25) is 5.91 Å². The Bertz CT molecular complexity index is 961. The first kappa shape index (κ1) is 18.7. The van der Waals surface area contributed by atoms with Gasteiger partial charge in [0.25, 0.3) is 0 Å². The summed E-state index contributed by atoms with van der Waals surface area (Å²) in [5.74, 6) is -0.178. The minimum Gasteiger partial charge on any atom is -0.356 e. The van der Waals surface area contributed by atoms with Crippen molar-refractivity contribution in [3.8, 4) is 0 Å². The third-order valence-electron chi connectivity index (χ3n) is 5.84. The average molecular weight is 379 g/mol. The second-order valence-corrected chi connectivity index (χ2v) is 7.74. The molecular formula is C23H26FN3O. The van der Waals surface area contributed by atoms with Crippen LogP contribution in [-0.2, 0) is 17.8 Å². The van der Waals surface area contributed by atoms with Gasteiger partial charge in [-0.05, 0) is 43.0 Å². The summed E-state index contributed by atoms with van der Waals surface area (Å²) >= 11 is 0. The highest BCUT2D eigenvalue weighted by atomic mass is 19.1. The van der Waals surface area contributed by atoms with E-state index in [9.17, 15) is 9.18 Å². The molecule has 2 heterocycles. The zero-order valence-electron chi connectivity index (χ0n) is 16.2. The van der Waals surface area contributed by atoms with Gasteiger partial charge in [0.05, 0.1) is 11.9 Å². The summed E-state index contributed by atoms with van der Waals surface area (Å²) in [4.78, 5) is 22.7. The SMILES string of the molecule is Cc1[nH]c2c(F)cccc2c1CC(=O)N(Cc1cccnc1)C1CCCCC1. The van der Waals surface area contributed by atoms with Gasteiger partial charge in [-0.25, -0.2) is 4.39 Å². The summed E-state index contributed by atoms with van der Waals surface area (Å²) < 4.78 is 14.1. The molecule has 1 aliphatic rings. The molecule has 0 aliphatic heterocycles. The van der Waals surface area contributed by atoms with Gasteiger partial charge < -0.3 is 9.88 Å². The van der Waals surface area contributed by atoms with Crippen LogP contribution in [0.15, 0.2) is 42.7 Å². The number of aromatic nitrogens is 2. The van der Waals surface area contributed by atoms with Crippen LogP contribution >= 0.6 is 0 Å². The van der Waals surface area contributed by atoms with Crippen LogP contribution in [0.5, 0.6) is 0 Å². The number of amides is 1. The average Bonchev–Trinajstić information content (AvgIpc) is 3.04. The monoisotopic (exact) mass is 379 g/mol. The van der Waals surface area contributed by atoms with Gasteiger partial charge in [0, 0.05) is 36.1 Å². The van der Waals surface area contributed by atoms with Gasteiger partial charge in [-0.2, -0.15) is 0 Å². The lowest BCUT2D eigenvalue weighted by atomic mass is 9.93. The van der Waals surface area contributed by atoms with Crippen LogP contribution in [0.4, 0.5) is 4.39 Å². The lowest BCUT2D eigenvalue weighted by Crippen LogP contribution is -2.41. The van der Waals surface area contributed by atoms with Crippen molar-refractivity contribution in [3.63, 3.8) is 0 Å². The van der Waals surface area contributed by atoms with Crippen molar-refractivity contribution in [1.82, 2.24) is 14.9 Å². The summed E-state index contributed by atoms with van der Waals surface area (Å²) in [5, 5.41) is 0.802. The second kappa shape index (κ2) is 8.13. The number of carbonyl (C=O) groups is 1. The van der Waals surface area contributed by atoms with E-state index in [2.05, 4.69) is 9.97 Å². The van der Waals surface area contributed by atoms with E-state index in [0.29, 0.717) is 12.1 Å². The van der Waals surface area contributed by atoms with Crippen LogP contribution in [0, 0.1) is 12.7 Å². The number of fused-ring (bicyclic) bond motifs is 1. The number of hydrogen-bond acceptors (Lipinski definition) is 2. The van der Waals surface area contributed by atoms with Gasteiger partial charge in [0.1, 0.15) is 5.82 Å². The number of hydrogen-bond donors (Lipinski definition) is 1. The molecule has 1 amide bonds. The Kier molecular flexibility index (Phi) is 5.42. The minimum atomic E-state index is -0.279. The third kappa shape index (κ3) is 3.79. The number of para-hydroxylation sites is 1. The molecule has 1 fully saturated rings. The number of aromatic amines is 1. The van der Waals surface area contributed by atoms with E-state index in [1.165, 1.54) is 25.3 Å². The summed E-state index contributed by atoms with van der Waals surface area (Å²) in [6, 6.07) is 9.22. The fourth-order valence-corrected chi connectivity index (χ4v) is 4.35. The van der Waals surface area contributed by atoms with E-state index >= 15 is 0 Å². The second-order valence-electron chi connectivity index (χ2n) is 7.74. The first-order valence-corrected chi connectivity index (χ1v) is 10.1. The van der Waals surface area contributed by atoms with Gasteiger partial charge in [-0.3, -0.25) is 9.78 Å². The number of H-pyrrole nitrogens is 1. The van der Waals surface area contributed by atoms with Crippen LogP contribution in [0.1, 0.15) is 48.9 Å². The molecule has 4 nitrogen and oxygen atoms in total. The first-order chi connectivity index (χ1) is 13.6. The number of nitrogens with one attached hydrogen (secondary N) is 1. The highest BCUT2D eigenvalue weighted by Crippen LogP contribution is 2.28. The summed E-state index contributed by atoms with van der Waals surface area (Å²) in [5.41, 5.74) is 3.28. The molecular weight excluding hydrogens is 353 g/mol. The maximum absolute atomic E-state index is 14.1. The lowest BCUT2D eigenvalue weighted by molar-refractivity contribution is -0.134. The van der Waals surface area contributed by atoms with Crippen LogP contribution in [0.2, 0.25) is 0 Å². The quantitative estimate of drug-likeness (QED) is 0.684. The number of benzene rings is 1. The smallest absolute Gasteiger partial charge is 0.227 e. The number of halogens is 1. The number of rotatable bonds is 5. The Morgan fingerprint density at radius 1 is 1.21 bits per heavy atom. The summed E-state index contributed by atoms with van der Waals surface area (Å²) in [7, 11) is 0. The number of aryl methyl sites for hydroxylation is 1. The Labute approximate surface area is 164 Å². The Hall–Kier alpha value is -2.69. The molecule has 1 aromatic carbocycles. The Morgan fingerprint density at radius 2 is 2.04 bits per heavy atom. The first-order valence-electron chi connectivity index (χ1n) is 10.1. The summed E-state index contributed by atoms with van der Waals surface area (Å²) in [6.07, 6.45) is 9.53. The molecule has 1 N–H and O–H groups in total. The Morgan fingerprint density at radius 3 is 2.79 bits per heavy atom. The van der Waals surface area contributed by atoms with Crippen molar-refractivity contribution in [2.24, 2.45) is 0 Å². The highest BCUT2D eigenvalue weighted by Gasteiger charge is 2.27. The largest absolute Gasteiger partial charge is 0.356 e. The molecule has 3 aromatic rings. The van der Waals surface area contributed by atoms with Gasteiger partial charge >= 0.3 is 0 Å². The molecule has 4 rings (SSSR count). The van der Waals surface area contributed by atoms with Crippen LogP contribution in [-0.4, -0.2) is 26.8 Å². The fourth-order valence-electron chi connectivity index (χ4n) is 4.35. The normalized spacial score (nSPS) is 15.1. The summed E-state index contributed by atoms with van der Waals surface area (Å²) in [6.45, 7) is 2.49. The van der Waals surface area contributed by atoms with E-state index in [-0.39, 0.29) is 24.2 Å². The van der Waals surface area contributed by atoms with Gasteiger partial charge in [-0.15, -0.1) is 0 Å². The Balaban J connectivity index is 1.62. The molecule has 0 atom stereocenters. The van der Waals surface area contributed by atoms with Crippen molar-refractivity contribution in [3.05, 3.63) is 65.4 Å². The molecule has 5 heteroatoms. The van der Waals surface area contributed by atoms with E-state index in [0.717, 1.165) is 35.0 Å². The predicted molar refractivity (Wildman–Crippen MR) is 108 cm³/mol. The maximum atomic E-state index is 14.1. The van der Waals surface area contributed by atoms with Crippen molar-refractivity contribution in [1.29, 1.82) is 0 Å². The highest BCUT2D eigenvalue weighted by molar-refractivity contribution is 5.90. The molecule has 0 spiro atoms. The molecule has 0 radical (unpaired) electrons. The topological polar surface area (TPSA) is 49.0 Å². The molecule has 28 heavy (non-hydrogen) atoms. The van der Waals surface area contributed by atoms with E-state index in [4.69, 9.17) is 0 Å².